The van der Waals surface area contributed by atoms with E-state index < -0.39 is 0 Å². The number of hydrogen-bond donors (Lipinski definition) is 1. The van der Waals surface area contributed by atoms with Crippen molar-refractivity contribution in [3.8, 4) is 11.3 Å². The Bertz CT molecular complexity index is 605. The summed E-state index contributed by atoms with van der Waals surface area (Å²) in [7, 11) is 0. The molecule has 1 fully saturated rings. The number of aromatic nitrogens is 1. The molecule has 1 aromatic carbocycles. The standard InChI is InChI=1S/C18H24FN3O/c1-14(13-22-9-3-2-4-10-22)20-12-17-11-18(21-23-17)15-5-7-16(19)8-6-15/h5-8,11,14,20H,2-4,9-10,12-13H2,1H3/t14-/m1/s1. The Morgan fingerprint density at radius 2 is 1.96 bits per heavy atom. The van der Waals surface area contributed by atoms with Crippen molar-refractivity contribution < 1.29 is 8.91 Å². The molecule has 0 saturated carbocycles. The fourth-order valence-electron chi connectivity index (χ4n) is 3.02. The molecule has 0 unspecified atom stereocenters. The van der Waals surface area contributed by atoms with Crippen molar-refractivity contribution in [2.75, 3.05) is 19.6 Å². The van der Waals surface area contributed by atoms with Gasteiger partial charge in [-0.15, -0.1) is 0 Å². The number of likely N-dealkylation sites (tertiary alicyclic amines) is 1. The van der Waals surface area contributed by atoms with E-state index in [4.69, 9.17) is 4.52 Å². The van der Waals surface area contributed by atoms with Crippen LogP contribution in [0.25, 0.3) is 11.3 Å². The van der Waals surface area contributed by atoms with Crippen molar-refractivity contribution >= 4 is 0 Å². The molecule has 0 aliphatic carbocycles. The largest absolute Gasteiger partial charge is 0.359 e. The number of piperidine rings is 1. The molecule has 23 heavy (non-hydrogen) atoms. The first-order chi connectivity index (χ1) is 11.2. The molecule has 2 aromatic rings. The van der Waals surface area contributed by atoms with E-state index in [0.717, 1.165) is 23.6 Å². The van der Waals surface area contributed by atoms with E-state index in [9.17, 15) is 4.39 Å². The second kappa shape index (κ2) is 7.70. The Morgan fingerprint density at radius 1 is 1.22 bits per heavy atom. The lowest BCUT2D eigenvalue weighted by Crippen LogP contribution is -2.41. The third-order valence-electron chi connectivity index (χ3n) is 4.30. The lowest BCUT2D eigenvalue weighted by Gasteiger charge is -2.29. The Hall–Kier alpha value is -1.72. The quantitative estimate of drug-likeness (QED) is 0.886. The van der Waals surface area contributed by atoms with Gasteiger partial charge in [-0.3, -0.25) is 0 Å². The molecular formula is C18H24FN3O. The molecule has 5 heteroatoms. The van der Waals surface area contributed by atoms with Crippen LogP contribution in [-0.4, -0.2) is 35.7 Å². The van der Waals surface area contributed by atoms with E-state index in [0.29, 0.717) is 12.6 Å². The molecule has 2 heterocycles. The summed E-state index contributed by atoms with van der Waals surface area (Å²) in [6.07, 6.45) is 3.99. The highest BCUT2D eigenvalue weighted by atomic mass is 19.1. The van der Waals surface area contributed by atoms with Crippen molar-refractivity contribution in [1.82, 2.24) is 15.4 Å². The zero-order valence-electron chi connectivity index (χ0n) is 13.6. The van der Waals surface area contributed by atoms with Crippen LogP contribution in [0, 0.1) is 5.82 Å². The number of hydrogen-bond acceptors (Lipinski definition) is 4. The SMILES string of the molecule is C[C@H](CN1CCCCC1)NCc1cc(-c2ccc(F)cc2)no1. The van der Waals surface area contributed by atoms with Gasteiger partial charge in [0.15, 0.2) is 5.76 Å². The summed E-state index contributed by atoms with van der Waals surface area (Å²) >= 11 is 0. The van der Waals surface area contributed by atoms with Crippen molar-refractivity contribution in [2.45, 2.75) is 38.8 Å². The molecular weight excluding hydrogens is 293 g/mol. The average Bonchev–Trinajstić information content (AvgIpc) is 3.04. The maximum atomic E-state index is 13.0. The highest BCUT2D eigenvalue weighted by molar-refractivity contribution is 5.58. The molecule has 1 aromatic heterocycles. The molecule has 0 amide bonds. The summed E-state index contributed by atoms with van der Waals surface area (Å²) in [5.74, 6) is 0.556. The second-order valence-corrected chi connectivity index (χ2v) is 6.33. The van der Waals surface area contributed by atoms with Gasteiger partial charge in [0.2, 0.25) is 0 Å². The highest BCUT2D eigenvalue weighted by Crippen LogP contribution is 2.19. The summed E-state index contributed by atoms with van der Waals surface area (Å²) in [5, 5.41) is 7.55. The molecule has 1 aliphatic heterocycles. The Kier molecular flexibility index (Phi) is 5.41. The first-order valence-corrected chi connectivity index (χ1v) is 8.38. The van der Waals surface area contributed by atoms with Gasteiger partial charge in [-0.2, -0.15) is 0 Å². The number of nitrogens with one attached hydrogen (secondary N) is 1. The molecule has 0 spiro atoms. The minimum Gasteiger partial charge on any atom is -0.359 e. The van der Waals surface area contributed by atoms with Gasteiger partial charge in [0, 0.05) is 24.2 Å². The predicted molar refractivity (Wildman–Crippen MR) is 88.5 cm³/mol. The Labute approximate surface area is 136 Å². The van der Waals surface area contributed by atoms with Gasteiger partial charge >= 0.3 is 0 Å². The van der Waals surface area contributed by atoms with Crippen LogP contribution in [0.2, 0.25) is 0 Å². The first-order valence-electron chi connectivity index (χ1n) is 8.38. The van der Waals surface area contributed by atoms with Crippen LogP contribution in [0.15, 0.2) is 34.9 Å². The normalized spacial score (nSPS) is 17.3. The van der Waals surface area contributed by atoms with Crippen LogP contribution < -0.4 is 5.32 Å². The molecule has 3 rings (SSSR count). The fraction of sp³-hybridized carbons (Fsp3) is 0.500. The summed E-state index contributed by atoms with van der Waals surface area (Å²) in [5.41, 5.74) is 1.60. The van der Waals surface area contributed by atoms with Gasteiger partial charge in [0.05, 0.1) is 6.54 Å². The molecule has 124 valence electrons. The van der Waals surface area contributed by atoms with E-state index in [1.54, 1.807) is 12.1 Å². The van der Waals surface area contributed by atoms with E-state index in [1.165, 1.54) is 44.5 Å². The summed E-state index contributed by atoms with van der Waals surface area (Å²) in [4.78, 5) is 2.52. The molecule has 1 N–H and O–H groups in total. The highest BCUT2D eigenvalue weighted by Gasteiger charge is 2.14. The Morgan fingerprint density at radius 3 is 2.70 bits per heavy atom. The summed E-state index contributed by atoms with van der Waals surface area (Å²) in [6.45, 7) is 6.35. The Balaban J connectivity index is 1.49. The van der Waals surface area contributed by atoms with Crippen molar-refractivity contribution in [3.05, 3.63) is 41.9 Å². The zero-order valence-corrected chi connectivity index (χ0v) is 13.6. The maximum Gasteiger partial charge on any atom is 0.151 e. The number of halogens is 1. The average molecular weight is 317 g/mol. The molecule has 0 bridgehead atoms. The third kappa shape index (κ3) is 4.62. The van der Waals surface area contributed by atoms with E-state index in [-0.39, 0.29) is 5.82 Å². The smallest absolute Gasteiger partial charge is 0.151 e. The molecule has 4 nitrogen and oxygen atoms in total. The first kappa shape index (κ1) is 16.1. The van der Waals surface area contributed by atoms with Crippen molar-refractivity contribution in [1.29, 1.82) is 0 Å². The number of rotatable bonds is 6. The van der Waals surface area contributed by atoms with Gasteiger partial charge in [0.25, 0.3) is 0 Å². The summed E-state index contributed by atoms with van der Waals surface area (Å²) < 4.78 is 18.3. The monoisotopic (exact) mass is 317 g/mol. The third-order valence-corrected chi connectivity index (χ3v) is 4.30. The van der Waals surface area contributed by atoms with Crippen LogP contribution in [0.1, 0.15) is 31.9 Å². The lowest BCUT2D eigenvalue weighted by atomic mass is 10.1. The van der Waals surface area contributed by atoms with E-state index >= 15 is 0 Å². The van der Waals surface area contributed by atoms with Crippen molar-refractivity contribution in [3.63, 3.8) is 0 Å². The zero-order chi connectivity index (χ0) is 16.1. The van der Waals surface area contributed by atoms with Gasteiger partial charge in [-0.1, -0.05) is 11.6 Å². The summed E-state index contributed by atoms with van der Waals surface area (Å²) in [6, 6.07) is 8.61. The predicted octanol–water partition coefficient (Wildman–Crippen LogP) is 3.44. The molecule has 1 aliphatic rings. The minimum absolute atomic E-state index is 0.245. The van der Waals surface area contributed by atoms with E-state index in [2.05, 4.69) is 22.3 Å². The van der Waals surface area contributed by atoms with Crippen LogP contribution in [0.4, 0.5) is 4.39 Å². The maximum absolute atomic E-state index is 13.0. The topological polar surface area (TPSA) is 41.3 Å². The van der Waals surface area contributed by atoms with Crippen LogP contribution in [-0.2, 0) is 6.54 Å². The molecule has 0 radical (unpaired) electrons. The van der Waals surface area contributed by atoms with Crippen molar-refractivity contribution in [2.24, 2.45) is 0 Å². The van der Waals surface area contributed by atoms with Gasteiger partial charge < -0.3 is 14.7 Å². The number of nitrogens with zero attached hydrogens (tertiary/aromatic N) is 2. The lowest BCUT2D eigenvalue weighted by molar-refractivity contribution is 0.207. The van der Waals surface area contributed by atoms with Crippen LogP contribution in [0.3, 0.4) is 0 Å². The van der Waals surface area contributed by atoms with Crippen LogP contribution in [0.5, 0.6) is 0 Å². The van der Waals surface area contributed by atoms with Gasteiger partial charge in [-0.25, -0.2) is 4.39 Å². The van der Waals surface area contributed by atoms with E-state index in [1.807, 2.05) is 6.07 Å². The van der Waals surface area contributed by atoms with Gasteiger partial charge in [0.1, 0.15) is 11.5 Å². The number of benzene rings is 1. The molecule has 1 atom stereocenters. The second-order valence-electron chi connectivity index (χ2n) is 6.33. The van der Waals surface area contributed by atoms with Gasteiger partial charge in [-0.05, 0) is 57.1 Å². The van der Waals surface area contributed by atoms with Crippen LogP contribution >= 0.6 is 0 Å². The molecule has 1 saturated heterocycles. The fourth-order valence-corrected chi connectivity index (χ4v) is 3.02. The minimum atomic E-state index is -0.245.